The van der Waals surface area contributed by atoms with Gasteiger partial charge < -0.3 is 33.9 Å². The number of methoxy groups -OCH3 is 4. The first-order chi connectivity index (χ1) is 18.4. The Balaban J connectivity index is 1.54. The zero-order valence-electron chi connectivity index (χ0n) is 22.2. The van der Waals surface area contributed by atoms with E-state index in [9.17, 15) is 9.59 Å². The van der Waals surface area contributed by atoms with Crippen LogP contribution in [0.5, 0.6) is 28.7 Å². The van der Waals surface area contributed by atoms with Crippen LogP contribution in [0.3, 0.4) is 0 Å². The van der Waals surface area contributed by atoms with Gasteiger partial charge in [0, 0.05) is 24.3 Å². The summed E-state index contributed by atoms with van der Waals surface area (Å²) in [7, 11) is 6.19. The number of rotatable bonds is 9. The van der Waals surface area contributed by atoms with Gasteiger partial charge in [0.05, 0.1) is 28.4 Å². The number of anilines is 1. The standard InChI is InChI=1S/C29H32N2O7/c1-18-29(33)31(14-13-19-9-11-23(34-2)26(15-19)37-5)17-20-16-21(10-12-22(20)38-18)30-28(32)27-24(35-3)7-6-8-25(27)36-4/h6-12,15-16,18H,13-14,17H2,1-5H3,(H,30,32)/t18-/m0/s1. The quantitative estimate of drug-likeness (QED) is 0.449. The fourth-order valence-corrected chi connectivity index (χ4v) is 4.44. The maximum Gasteiger partial charge on any atom is 0.263 e. The highest BCUT2D eigenvalue weighted by Crippen LogP contribution is 2.32. The maximum atomic E-state index is 13.1. The number of nitrogens with one attached hydrogen (secondary N) is 1. The van der Waals surface area contributed by atoms with Crippen LogP contribution in [0.25, 0.3) is 0 Å². The van der Waals surface area contributed by atoms with Crippen molar-refractivity contribution in [2.45, 2.75) is 26.0 Å². The Kier molecular flexibility index (Phi) is 8.25. The van der Waals surface area contributed by atoms with Crippen molar-refractivity contribution in [1.82, 2.24) is 4.90 Å². The number of carbonyl (C=O) groups excluding carboxylic acids is 2. The largest absolute Gasteiger partial charge is 0.496 e. The minimum absolute atomic E-state index is 0.106. The van der Waals surface area contributed by atoms with Gasteiger partial charge in [0.1, 0.15) is 22.8 Å². The Morgan fingerprint density at radius 1 is 0.921 bits per heavy atom. The van der Waals surface area contributed by atoms with E-state index in [1.807, 2.05) is 24.3 Å². The number of carbonyl (C=O) groups is 2. The van der Waals surface area contributed by atoms with Crippen molar-refractivity contribution in [2.75, 3.05) is 40.3 Å². The smallest absolute Gasteiger partial charge is 0.263 e. The highest BCUT2D eigenvalue weighted by Gasteiger charge is 2.28. The molecule has 38 heavy (non-hydrogen) atoms. The molecule has 2 amide bonds. The van der Waals surface area contributed by atoms with Crippen LogP contribution in [0.4, 0.5) is 5.69 Å². The molecule has 1 aliphatic heterocycles. The molecule has 1 atom stereocenters. The molecule has 0 bridgehead atoms. The van der Waals surface area contributed by atoms with Crippen molar-refractivity contribution in [1.29, 1.82) is 0 Å². The van der Waals surface area contributed by atoms with Gasteiger partial charge in [0.25, 0.3) is 11.8 Å². The van der Waals surface area contributed by atoms with Crippen LogP contribution in [-0.2, 0) is 17.8 Å². The second kappa shape index (κ2) is 11.8. The van der Waals surface area contributed by atoms with Gasteiger partial charge in [0.2, 0.25) is 0 Å². The summed E-state index contributed by atoms with van der Waals surface area (Å²) in [5.74, 6) is 2.22. The third-order valence-corrected chi connectivity index (χ3v) is 6.42. The fourth-order valence-electron chi connectivity index (χ4n) is 4.44. The summed E-state index contributed by atoms with van der Waals surface area (Å²) in [5, 5.41) is 2.91. The molecule has 4 rings (SSSR count). The highest BCUT2D eigenvalue weighted by atomic mass is 16.5. The van der Waals surface area contributed by atoms with E-state index in [-0.39, 0.29) is 11.8 Å². The minimum Gasteiger partial charge on any atom is -0.496 e. The van der Waals surface area contributed by atoms with E-state index in [1.165, 1.54) is 14.2 Å². The van der Waals surface area contributed by atoms with E-state index in [0.717, 1.165) is 11.1 Å². The number of hydrogen-bond acceptors (Lipinski definition) is 7. The molecule has 0 saturated heterocycles. The summed E-state index contributed by atoms with van der Waals surface area (Å²) < 4.78 is 27.4. The summed E-state index contributed by atoms with van der Waals surface area (Å²) in [6.07, 6.45) is -0.0158. The molecular formula is C29H32N2O7. The van der Waals surface area contributed by atoms with Gasteiger partial charge in [-0.2, -0.15) is 0 Å². The predicted octanol–water partition coefficient (Wildman–Crippen LogP) is 4.33. The molecule has 0 saturated carbocycles. The Bertz CT molecular complexity index is 1300. The lowest BCUT2D eigenvalue weighted by Gasteiger charge is -2.22. The third kappa shape index (κ3) is 5.61. The normalized spacial score (nSPS) is 14.6. The molecule has 1 N–H and O–H groups in total. The number of ether oxygens (including phenoxy) is 5. The molecule has 1 heterocycles. The molecule has 0 unspecified atom stereocenters. The van der Waals surface area contributed by atoms with E-state index < -0.39 is 6.10 Å². The van der Waals surface area contributed by atoms with Crippen LogP contribution in [0.15, 0.2) is 54.6 Å². The number of benzene rings is 3. The molecule has 3 aromatic carbocycles. The van der Waals surface area contributed by atoms with E-state index in [4.69, 9.17) is 23.7 Å². The van der Waals surface area contributed by atoms with Crippen LogP contribution in [0, 0.1) is 0 Å². The van der Waals surface area contributed by atoms with Crippen molar-refractivity contribution in [3.8, 4) is 28.7 Å². The van der Waals surface area contributed by atoms with Crippen LogP contribution in [0.1, 0.15) is 28.4 Å². The van der Waals surface area contributed by atoms with Crippen molar-refractivity contribution >= 4 is 17.5 Å². The number of hydrogen-bond donors (Lipinski definition) is 1. The van der Waals surface area contributed by atoms with Crippen molar-refractivity contribution < 1.29 is 33.3 Å². The molecule has 9 heteroatoms. The van der Waals surface area contributed by atoms with Gasteiger partial charge in [0.15, 0.2) is 17.6 Å². The van der Waals surface area contributed by atoms with Gasteiger partial charge in [-0.05, 0) is 61.4 Å². The lowest BCUT2D eigenvalue weighted by atomic mass is 10.1. The van der Waals surface area contributed by atoms with Gasteiger partial charge in [-0.1, -0.05) is 12.1 Å². The third-order valence-electron chi connectivity index (χ3n) is 6.42. The SMILES string of the molecule is COc1ccc(CCN2Cc3cc(NC(=O)c4c(OC)cccc4OC)ccc3O[C@@H](C)C2=O)cc1OC. The Labute approximate surface area is 222 Å². The van der Waals surface area contributed by atoms with E-state index >= 15 is 0 Å². The number of fused-ring (bicyclic) bond motifs is 1. The highest BCUT2D eigenvalue weighted by molar-refractivity contribution is 6.08. The molecule has 0 spiro atoms. The first-order valence-corrected chi connectivity index (χ1v) is 12.2. The monoisotopic (exact) mass is 520 g/mol. The molecule has 200 valence electrons. The van der Waals surface area contributed by atoms with Crippen LogP contribution in [0.2, 0.25) is 0 Å². The average Bonchev–Trinajstić information content (AvgIpc) is 3.06. The van der Waals surface area contributed by atoms with E-state index in [0.29, 0.717) is 59.5 Å². The Hall–Kier alpha value is -4.40. The average molecular weight is 521 g/mol. The molecule has 0 aromatic heterocycles. The van der Waals surface area contributed by atoms with Crippen molar-refractivity contribution in [2.24, 2.45) is 0 Å². The molecule has 0 radical (unpaired) electrons. The fraction of sp³-hybridized carbons (Fsp3) is 0.310. The Morgan fingerprint density at radius 3 is 2.26 bits per heavy atom. The molecule has 0 fully saturated rings. The first-order valence-electron chi connectivity index (χ1n) is 12.2. The van der Waals surface area contributed by atoms with Crippen LogP contribution in [-0.4, -0.2) is 57.8 Å². The van der Waals surface area contributed by atoms with Crippen LogP contribution >= 0.6 is 0 Å². The predicted molar refractivity (Wildman–Crippen MR) is 143 cm³/mol. The molecule has 9 nitrogen and oxygen atoms in total. The van der Waals surface area contributed by atoms with Gasteiger partial charge in [-0.3, -0.25) is 9.59 Å². The summed E-state index contributed by atoms with van der Waals surface area (Å²) in [6, 6.07) is 16.2. The molecule has 1 aliphatic rings. The minimum atomic E-state index is -0.639. The summed E-state index contributed by atoms with van der Waals surface area (Å²) in [6.45, 7) is 2.56. The van der Waals surface area contributed by atoms with Crippen molar-refractivity contribution in [3.63, 3.8) is 0 Å². The number of amides is 2. The second-order valence-corrected chi connectivity index (χ2v) is 8.77. The molecule has 3 aromatic rings. The topological polar surface area (TPSA) is 95.6 Å². The maximum absolute atomic E-state index is 13.1. The van der Waals surface area contributed by atoms with Gasteiger partial charge in [-0.15, -0.1) is 0 Å². The lowest BCUT2D eigenvalue weighted by molar-refractivity contribution is -0.137. The molecule has 0 aliphatic carbocycles. The van der Waals surface area contributed by atoms with E-state index in [2.05, 4.69) is 5.32 Å². The first kappa shape index (κ1) is 26.7. The zero-order valence-corrected chi connectivity index (χ0v) is 22.2. The van der Waals surface area contributed by atoms with E-state index in [1.54, 1.807) is 56.4 Å². The second-order valence-electron chi connectivity index (χ2n) is 8.77. The van der Waals surface area contributed by atoms with Gasteiger partial charge >= 0.3 is 0 Å². The summed E-state index contributed by atoms with van der Waals surface area (Å²) in [4.78, 5) is 28.0. The number of nitrogens with zero attached hydrogens (tertiary/aromatic N) is 1. The van der Waals surface area contributed by atoms with Gasteiger partial charge in [-0.25, -0.2) is 0 Å². The molecular weight excluding hydrogens is 488 g/mol. The van der Waals surface area contributed by atoms with Crippen LogP contribution < -0.4 is 29.0 Å². The zero-order chi connectivity index (χ0) is 27.2. The summed E-state index contributed by atoms with van der Waals surface area (Å²) in [5.41, 5.74) is 2.66. The lowest BCUT2D eigenvalue weighted by Crippen LogP contribution is -2.39. The summed E-state index contributed by atoms with van der Waals surface area (Å²) >= 11 is 0. The van der Waals surface area contributed by atoms with Crippen molar-refractivity contribution in [3.05, 3.63) is 71.3 Å². The Morgan fingerprint density at radius 2 is 1.61 bits per heavy atom.